The van der Waals surface area contributed by atoms with Crippen LogP contribution in [-0.4, -0.2) is 21.5 Å². The second-order valence-corrected chi connectivity index (χ2v) is 8.57. The van der Waals surface area contributed by atoms with Crippen LogP contribution in [0.15, 0.2) is 17.0 Å². The van der Waals surface area contributed by atoms with Gasteiger partial charge in [-0.15, -0.1) is 0 Å². The van der Waals surface area contributed by atoms with Gasteiger partial charge in [0.05, 0.1) is 4.90 Å². The Hall–Kier alpha value is -1.07. The molecule has 0 bridgehead atoms. The minimum absolute atomic E-state index is 0.0489. The van der Waals surface area contributed by atoms with E-state index in [-0.39, 0.29) is 11.5 Å². The van der Waals surface area contributed by atoms with E-state index in [2.05, 4.69) is 23.9 Å². The van der Waals surface area contributed by atoms with Gasteiger partial charge in [0.2, 0.25) is 10.0 Å². The van der Waals surface area contributed by atoms with Crippen molar-refractivity contribution in [1.29, 1.82) is 0 Å². The fourth-order valence-electron chi connectivity index (χ4n) is 3.33. The van der Waals surface area contributed by atoms with Gasteiger partial charge >= 0.3 is 0 Å². The second-order valence-electron chi connectivity index (χ2n) is 6.91. The van der Waals surface area contributed by atoms with E-state index in [1.807, 2.05) is 33.0 Å². The van der Waals surface area contributed by atoms with Gasteiger partial charge in [-0.3, -0.25) is 0 Å². The summed E-state index contributed by atoms with van der Waals surface area (Å²) in [6.45, 7) is 8.08. The fraction of sp³-hybridized carbons (Fsp3) is 0.625. The maximum Gasteiger partial charge on any atom is 0.241 e. The molecule has 1 aromatic rings. The van der Waals surface area contributed by atoms with Gasteiger partial charge in [0.1, 0.15) is 0 Å². The largest absolute Gasteiger partial charge is 0.388 e. The number of sulfonamides is 1. The van der Waals surface area contributed by atoms with Crippen molar-refractivity contribution in [3.63, 3.8) is 0 Å². The van der Waals surface area contributed by atoms with Crippen LogP contribution in [0.2, 0.25) is 0 Å². The molecule has 1 saturated carbocycles. The van der Waals surface area contributed by atoms with Crippen LogP contribution in [0.4, 0.5) is 5.69 Å². The molecule has 118 valence electrons. The number of hydrogen-bond donors (Lipinski definition) is 2. The summed E-state index contributed by atoms with van der Waals surface area (Å²) in [5.74, 6) is 0. The fourth-order valence-corrected chi connectivity index (χ4v) is 5.06. The Morgan fingerprint density at radius 3 is 2.19 bits per heavy atom. The van der Waals surface area contributed by atoms with Crippen LogP contribution in [0.1, 0.15) is 44.2 Å². The molecule has 1 aliphatic rings. The first-order valence-electron chi connectivity index (χ1n) is 7.46. The zero-order chi connectivity index (χ0) is 15.8. The molecule has 2 N–H and O–H groups in total. The lowest BCUT2D eigenvalue weighted by molar-refractivity contribution is 0.372. The number of rotatable bonds is 4. The maximum atomic E-state index is 12.7. The molecule has 1 unspecified atom stereocenters. The molecular formula is C16H26N2O2S. The van der Waals surface area contributed by atoms with Crippen LogP contribution in [0.5, 0.6) is 0 Å². The monoisotopic (exact) mass is 310 g/mol. The smallest absolute Gasteiger partial charge is 0.241 e. The van der Waals surface area contributed by atoms with E-state index in [0.29, 0.717) is 4.90 Å². The number of anilines is 1. The van der Waals surface area contributed by atoms with E-state index in [0.717, 1.165) is 36.1 Å². The van der Waals surface area contributed by atoms with Crippen LogP contribution < -0.4 is 10.0 Å². The predicted octanol–water partition coefficient (Wildman–Crippen LogP) is 3.20. The Bertz CT molecular complexity index is 613. The summed E-state index contributed by atoms with van der Waals surface area (Å²) >= 11 is 0. The van der Waals surface area contributed by atoms with Crippen LogP contribution in [0.25, 0.3) is 0 Å². The van der Waals surface area contributed by atoms with Crippen LogP contribution in [0.3, 0.4) is 0 Å². The maximum absolute atomic E-state index is 12.7. The Kier molecular flexibility index (Phi) is 4.36. The molecule has 5 heteroatoms. The SMILES string of the molecule is CNc1cc(C)c(S(=O)(=O)NC2CCC(C)(C)C2)c(C)c1. The minimum Gasteiger partial charge on any atom is -0.388 e. The summed E-state index contributed by atoms with van der Waals surface area (Å²) in [5.41, 5.74) is 2.73. The van der Waals surface area contributed by atoms with Gasteiger partial charge in [0, 0.05) is 18.8 Å². The van der Waals surface area contributed by atoms with E-state index in [1.165, 1.54) is 0 Å². The third kappa shape index (κ3) is 3.58. The molecule has 21 heavy (non-hydrogen) atoms. The average Bonchev–Trinajstić information content (AvgIpc) is 2.66. The number of nitrogens with one attached hydrogen (secondary N) is 2. The molecule has 0 aromatic heterocycles. The average molecular weight is 310 g/mol. The molecule has 0 aliphatic heterocycles. The van der Waals surface area contributed by atoms with Gasteiger partial charge in [0.15, 0.2) is 0 Å². The standard InChI is InChI=1S/C16H26N2O2S/c1-11-8-14(17-5)9-12(2)15(11)21(19,20)18-13-6-7-16(3,4)10-13/h8-9,13,17-18H,6-7,10H2,1-5H3. The summed E-state index contributed by atoms with van der Waals surface area (Å²) < 4.78 is 28.3. The van der Waals surface area contributed by atoms with Crippen molar-refractivity contribution < 1.29 is 8.42 Å². The summed E-state index contributed by atoms with van der Waals surface area (Å²) in [6.07, 6.45) is 2.88. The van der Waals surface area contributed by atoms with Crippen LogP contribution in [0, 0.1) is 19.3 Å². The molecule has 1 atom stereocenters. The summed E-state index contributed by atoms with van der Waals surface area (Å²) in [4.78, 5) is 0.422. The number of aryl methyl sites for hydroxylation is 2. The van der Waals surface area contributed by atoms with E-state index in [4.69, 9.17) is 0 Å². The molecule has 1 aliphatic carbocycles. The zero-order valence-electron chi connectivity index (χ0n) is 13.6. The molecule has 0 radical (unpaired) electrons. The van der Waals surface area contributed by atoms with E-state index < -0.39 is 10.0 Å². The molecule has 1 fully saturated rings. The Morgan fingerprint density at radius 1 is 1.19 bits per heavy atom. The first-order chi connectivity index (χ1) is 9.64. The molecule has 0 amide bonds. The van der Waals surface area contributed by atoms with Gasteiger partial charge in [-0.25, -0.2) is 13.1 Å². The number of benzene rings is 1. The Balaban J connectivity index is 2.28. The van der Waals surface area contributed by atoms with Gasteiger partial charge < -0.3 is 5.32 Å². The molecular weight excluding hydrogens is 284 g/mol. The highest BCUT2D eigenvalue weighted by Gasteiger charge is 2.34. The van der Waals surface area contributed by atoms with Crippen molar-refractivity contribution in [2.24, 2.45) is 5.41 Å². The molecule has 0 heterocycles. The molecule has 4 nitrogen and oxygen atoms in total. The van der Waals surface area contributed by atoms with Crippen molar-refractivity contribution in [3.05, 3.63) is 23.3 Å². The Morgan fingerprint density at radius 2 is 1.76 bits per heavy atom. The molecule has 1 aromatic carbocycles. The highest BCUT2D eigenvalue weighted by molar-refractivity contribution is 7.89. The first-order valence-corrected chi connectivity index (χ1v) is 8.94. The van der Waals surface area contributed by atoms with Crippen LogP contribution in [-0.2, 0) is 10.0 Å². The van der Waals surface area contributed by atoms with Crippen molar-refractivity contribution in [3.8, 4) is 0 Å². The molecule has 2 rings (SSSR count). The molecule has 0 spiro atoms. The van der Waals surface area contributed by atoms with Crippen molar-refractivity contribution in [2.45, 2.75) is 57.9 Å². The highest BCUT2D eigenvalue weighted by atomic mass is 32.2. The predicted molar refractivity (Wildman–Crippen MR) is 87.2 cm³/mol. The summed E-state index contributed by atoms with van der Waals surface area (Å²) in [6, 6.07) is 3.80. The normalized spacial score (nSPS) is 21.5. The number of hydrogen-bond acceptors (Lipinski definition) is 3. The summed E-state index contributed by atoms with van der Waals surface area (Å²) in [5, 5.41) is 3.06. The topological polar surface area (TPSA) is 58.2 Å². The zero-order valence-corrected chi connectivity index (χ0v) is 14.4. The van der Waals surface area contributed by atoms with E-state index in [1.54, 1.807) is 0 Å². The van der Waals surface area contributed by atoms with Gasteiger partial charge in [-0.05, 0) is 61.8 Å². The quantitative estimate of drug-likeness (QED) is 0.898. The second kappa shape index (κ2) is 5.61. The van der Waals surface area contributed by atoms with Gasteiger partial charge in [-0.1, -0.05) is 13.8 Å². The lowest BCUT2D eigenvalue weighted by Crippen LogP contribution is -2.34. The van der Waals surface area contributed by atoms with E-state index >= 15 is 0 Å². The third-order valence-electron chi connectivity index (χ3n) is 4.31. The van der Waals surface area contributed by atoms with Crippen molar-refractivity contribution in [1.82, 2.24) is 4.72 Å². The van der Waals surface area contributed by atoms with Gasteiger partial charge in [0.25, 0.3) is 0 Å². The first kappa shape index (κ1) is 16.3. The lowest BCUT2D eigenvalue weighted by Gasteiger charge is -2.19. The summed E-state index contributed by atoms with van der Waals surface area (Å²) in [7, 11) is -1.62. The van der Waals surface area contributed by atoms with E-state index in [9.17, 15) is 8.42 Å². The van der Waals surface area contributed by atoms with Crippen molar-refractivity contribution >= 4 is 15.7 Å². The lowest BCUT2D eigenvalue weighted by atomic mass is 9.92. The molecule has 0 saturated heterocycles. The highest BCUT2D eigenvalue weighted by Crippen LogP contribution is 2.37. The van der Waals surface area contributed by atoms with Crippen molar-refractivity contribution in [2.75, 3.05) is 12.4 Å². The van der Waals surface area contributed by atoms with Crippen LogP contribution >= 0.6 is 0 Å². The van der Waals surface area contributed by atoms with Gasteiger partial charge in [-0.2, -0.15) is 0 Å². The Labute approximate surface area is 128 Å². The minimum atomic E-state index is -3.46. The third-order valence-corrected chi connectivity index (χ3v) is 6.13.